The minimum absolute atomic E-state index is 0.559. The molecule has 0 unspecified atom stereocenters. The molecule has 3 nitrogen and oxygen atoms in total. The summed E-state index contributed by atoms with van der Waals surface area (Å²) in [4.78, 5) is 4.20. The number of nitriles is 1. The zero-order valence-electron chi connectivity index (χ0n) is 10.8. The SMILES string of the molecule is N#Cc1ccc(/C=C/C2=Cc3ccccc3OC2)nc1. The number of para-hydroxylation sites is 1. The van der Waals surface area contributed by atoms with E-state index in [0.29, 0.717) is 12.2 Å². The molecule has 1 aliphatic rings. The van der Waals surface area contributed by atoms with Crippen molar-refractivity contribution in [2.24, 2.45) is 0 Å². The van der Waals surface area contributed by atoms with Crippen LogP contribution >= 0.6 is 0 Å². The quantitative estimate of drug-likeness (QED) is 0.830. The van der Waals surface area contributed by atoms with Gasteiger partial charge in [0.15, 0.2) is 0 Å². The van der Waals surface area contributed by atoms with Gasteiger partial charge in [0.05, 0.1) is 11.3 Å². The van der Waals surface area contributed by atoms with Gasteiger partial charge in [-0.15, -0.1) is 0 Å². The van der Waals surface area contributed by atoms with E-state index < -0.39 is 0 Å². The van der Waals surface area contributed by atoms with Crippen LogP contribution in [0, 0.1) is 11.3 Å². The van der Waals surface area contributed by atoms with Gasteiger partial charge in [-0.2, -0.15) is 5.26 Å². The van der Waals surface area contributed by atoms with Crippen molar-refractivity contribution >= 4 is 12.2 Å². The molecule has 0 amide bonds. The van der Waals surface area contributed by atoms with Crippen molar-refractivity contribution in [3.63, 3.8) is 0 Å². The highest BCUT2D eigenvalue weighted by molar-refractivity contribution is 5.66. The van der Waals surface area contributed by atoms with E-state index in [9.17, 15) is 0 Å². The molecule has 20 heavy (non-hydrogen) atoms. The molecule has 1 aromatic heterocycles. The van der Waals surface area contributed by atoms with Crippen molar-refractivity contribution in [1.82, 2.24) is 4.98 Å². The van der Waals surface area contributed by atoms with Crippen LogP contribution in [0.2, 0.25) is 0 Å². The summed E-state index contributed by atoms with van der Waals surface area (Å²) >= 11 is 0. The van der Waals surface area contributed by atoms with E-state index in [-0.39, 0.29) is 0 Å². The molecule has 0 radical (unpaired) electrons. The molecular formula is C17H12N2O. The zero-order valence-corrected chi connectivity index (χ0v) is 10.8. The molecule has 3 heteroatoms. The number of benzene rings is 1. The van der Waals surface area contributed by atoms with Gasteiger partial charge < -0.3 is 4.74 Å². The first-order valence-electron chi connectivity index (χ1n) is 6.32. The number of hydrogen-bond donors (Lipinski definition) is 0. The van der Waals surface area contributed by atoms with Crippen LogP contribution in [0.5, 0.6) is 5.75 Å². The Morgan fingerprint density at radius 3 is 2.85 bits per heavy atom. The summed E-state index contributed by atoms with van der Waals surface area (Å²) in [5.41, 5.74) is 3.57. The van der Waals surface area contributed by atoms with Gasteiger partial charge in [-0.05, 0) is 35.9 Å². The molecule has 2 aromatic rings. The monoisotopic (exact) mass is 260 g/mol. The second-order valence-electron chi connectivity index (χ2n) is 4.46. The molecule has 0 aliphatic carbocycles. The van der Waals surface area contributed by atoms with Crippen LogP contribution in [-0.2, 0) is 0 Å². The summed E-state index contributed by atoms with van der Waals surface area (Å²) < 4.78 is 5.68. The van der Waals surface area contributed by atoms with E-state index >= 15 is 0 Å². The van der Waals surface area contributed by atoms with Crippen molar-refractivity contribution in [3.8, 4) is 11.8 Å². The average molecular weight is 260 g/mol. The van der Waals surface area contributed by atoms with Crippen LogP contribution in [-0.4, -0.2) is 11.6 Å². The summed E-state index contributed by atoms with van der Waals surface area (Å²) in [6, 6.07) is 13.6. The predicted octanol–water partition coefficient (Wildman–Crippen LogP) is 3.44. The van der Waals surface area contributed by atoms with Crippen LogP contribution in [0.3, 0.4) is 0 Å². The van der Waals surface area contributed by atoms with E-state index in [1.54, 1.807) is 12.3 Å². The molecule has 1 aliphatic heterocycles. The molecule has 0 saturated heterocycles. The molecular weight excluding hydrogens is 248 g/mol. The van der Waals surface area contributed by atoms with Gasteiger partial charge in [-0.1, -0.05) is 24.3 Å². The van der Waals surface area contributed by atoms with Crippen LogP contribution in [0.4, 0.5) is 0 Å². The number of rotatable bonds is 2. The molecule has 96 valence electrons. The smallest absolute Gasteiger partial charge is 0.127 e. The number of aromatic nitrogens is 1. The molecule has 1 aromatic carbocycles. The summed E-state index contributed by atoms with van der Waals surface area (Å²) in [5.74, 6) is 0.918. The maximum atomic E-state index is 8.72. The van der Waals surface area contributed by atoms with Crippen molar-refractivity contribution in [3.05, 3.63) is 71.1 Å². The fraction of sp³-hybridized carbons (Fsp3) is 0.0588. The van der Waals surface area contributed by atoms with Gasteiger partial charge in [0.2, 0.25) is 0 Å². The molecule has 0 spiro atoms. The highest BCUT2D eigenvalue weighted by Gasteiger charge is 2.08. The molecule has 0 N–H and O–H groups in total. The number of fused-ring (bicyclic) bond motifs is 1. The summed E-state index contributed by atoms with van der Waals surface area (Å²) in [7, 11) is 0. The van der Waals surface area contributed by atoms with Crippen LogP contribution in [0.1, 0.15) is 16.8 Å². The van der Waals surface area contributed by atoms with E-state index in [1.807, 2.05) is 42.5 Å². The van der Waals surface area contributed by atoms with E-state index in [2.05, 4.69) is 17.1 Å². The lowest BCUT2D eigenvalue weighted by atomic mass is 10.1. The van der Waals surface area contributed by atoms with Gasteiger partial charge in [0, 0.05) is 11.8 Å². The highest BCUT2D eigenvalue weighted by atomic mass is 16.5. The Labute approximate surface area is 117 Å². The Bertz CT molecular complexity index is 721. The zero-order chi connectivity index (χ0) is 13.8. The summed E-state index contributed by atoms with van der Waals surface area (Å²) in [6.45, 7) is 0.559. The Kier molecular flexibility index (Phi) is 3.30. The lowest BCUT2D eigenvalue weighted by Crippen LogP contribution is -2.05. The number of pyridine rings is 1. The van der Waals surface area contributed by atoms with Crippen LogP contribution in [0.15, 0.2) is 54.2 Å². The van der Waals surface area contributed by atoms with Gasteiger partial charge in [-0.3, -0.25) is 4.98 Å². The Morgan fingerprint density at radius 2 is 2.05 bits per heavy atom. The lowest BCUT2D eigenvalue weighted by molar-refractivity contribution is 0.351. The van der Waals surface area contributed by atoms with Crippen molar-refractivity contribution in [2.75, 3.05) is 6.61 Å². The molecule has 0 fully saturated rings. The minimum atomic E-state index is 0.559. The third kappa shape index (κ3) is 2.60. The van der Waals surface area contributed by atoms with Crippen LogP contribution in [0.25, 0.3) is 12.2 Å². The van der Waals surface area contributed by atoms with Gasteiger partial charge in [0.25, 0.3) is 0 Å². The maximum Gasteiger partial charge on any atom is 0.127 e. The Hall–Kier alpha value is -2.86. The van der Waals surface area contributed by atoms with Gasteiger partial charge >= 0.3 is 0 Å². The van der Waals surface area contributed by atoms with Gasteiger partial charge in [0.1, 0.15) is 18.4 Å². The summed E-state index contributed by atoms with van der Waals surface area (Å²) in [5, 5.41) is 8.72. The fourth-order valence-corrected chi connectivity index (χ4v) is 1.99. The molecule has 2 heterocycles. The second kappa shape index (κ2) is 5.41. The summed E-state index contributed by atoms with van der Waals surface area (Å²) in [6.07, 6.45) is 7.59. The maximum absolute atomic E-state index is 8.72. The van der Waals surface area contributed by atoms with E-state index in [0.717, 1.165) is 22.6 Å². The van der Waals surface area contributed by atoms with Crippen molar-refractivity contribution in [2.45, 2.75) is 0 Å². The topological polar surface area (TPSA) is 45.9 Å². The Morgan fingerprint density at radius 1 is 1.15 bits per heavy atom. The lowest BCUT2D eigenvalue weighted by Gasteiger charge is -2.15. The number of hydrogen-bond acceptors (Lipinski definition) is 3. The normalized spacial score (nSPS) is 13.2. The molecule has 3 rings (SSSR count). The van der Waals surface area contributed by atoms with Crippen molar-refractivity contribution in [1.29, 1.82) is 5.26 Å². The average Bonchev–Trinajstić information content (AvgIpc) is 2.53. The van der Waals surface area contributed by atoms with E-state index in [4.69, 9.17) is 10.00 Å². The Balaban J connectivity index is 1.80. The number of ether oxygens (including phenoxy) is 1. The highest BCUT2D eigenvalue weighted by Crippen LogP contribution is 2.26. The minimum Gasteiger partial charge on any atom is -0.488 e. The first kappa shape index (κ1) is 12.2. The fourth-order valence-electron chi connectivity index (χ4n) is 1.99. The molecule has 0 saturated carbocycles. The first-order valence-corrected chi connectivity index (χ1v) is 6.32. The van der Waals surface area contributed by atoms with E-state index in [1.165, 1.54) is 0 Å². The molecule has 0 bridgehead atoms. The van der Waals surface area contributed by atoms with Crippen LogP contribution < -0.4 is 4.74 Å². The standard InChI is InChI=1S/C17H12N2O/c18-10-14-6-8-16(19-11-14)7-5-13-9-15-3-1-2-4-17(15)20-12-13/h1-9,11H,12H2/b7-5+. The second-order valence-corrected chi connectivity index (χ2v) is 4.46. The van der Waals surface area contributed by atoms with Gasteiger partial charge in [-0.25, -0.2) is 0 Å². The number of nitrogens with zero attached hydrogens (tertiary/aromatic N) is 2. The third-order valence-electron chi connectivity index (χ3n) is 3.04. The third-order valence-corrected chi connectivity index (χ3v) is 3.04. The largest absolute Gasteiger partial charge is 0.488 e. The molecule has 0 atom stereocenters. The first-order chi connectivity index (χ1) is 9.85. The predicted molar refractivity (Wildman–Crippen MR) is 77.9 cm³/mol. The van der Waals surface area contributed by atoms with Crippen molar-refractivity contribution < 1.29 is 4.74 Å².